The van der Waals surface area contributed by atoms with Gasteiger partial charge in [0.2, 0.25) is 0 Å². The molecule has 4 heteroatoms. The number of pyridine rings is 1. The van der Waals surface area contributed by atoms with Gasteiger partial charge in [-0.25, -0.2) is 0 Å². The monoisotopic (exact) mass is 444 g/mol. The van der Waals surface area contributed by atoms with Crippen LogP contribution in [0.5, 0.6) is 0 Å². The highest BCUT2D eigenvalue weighted by molar-refractivity contribution is 7.85. The predicted molar refractivity (Wildman–Crippen MR) is 138 cm³/mol. The van der Waals surface area contributed by atoms with Crippen LogP contribution in [0.25, 0.3) is 27.5 Å². The molecule has 0 unspecified atom stereocenters. The third kappa shape index (κ3) is 3.13. The summed E-state index contributed by atoms with van der Waals surface area (Å²) in [7, 11) is -3.04. The van der Waals surface area contributed by atoms with E-state index in [-0.39, 0.29) is 0 Å². The van der Waals surface area contributed by atoms with E-state index in [4.69, 9.17) is 0 Å². The molecule has 0 bridgehead atoms. The predicted octanol–water partition coefficient (Wildman–Crippen LogP) is 5.82. The minimum Gasteiger partial charge on any atom is -0.309 e. The highest BCUT2D eigenvalue weighted by atomic mass is 31.2. The van der Waals surface area contributed by atoms with Crippen molar-refractivity contribution < 1.29 is 4.57 Å². The van der Waals surface area contributed by atoms with Gasteiger partial charge in [-0.2, -0.15) is 0 Å². The average molecular weight is 444 g/mol. The zero-order chi connectivity index (χ0) is 22.3. The topological polar surface area (TPSA) is 34.9 Å². The molecule has 0 N–H and O–H groups in total. The van der Waals surface area contributed by atoms with Crippen LogP contribution in [0, 0.1) is 0 Å². The summed E-state index contributed by atoms with van der Waals surface area (Å²) in [6, 6.07) is 38.2. The van der Waals surface area contributed by atoms with Crippen molar-refractivity contribution in [3.05, 3.63) is 128 Å². The van der Waals surface area contributed by atoms with Gasteiger partial charge in [-0.3, -0.25) is 4.98 Å². The van der Waals surface area contributed by atoms with E-state index in [1.165, 1.54) is 0 Å². The third-order valence-electron chi connectivity index (χ3n) is 6.16. The van der Waals surface area contributed by atoms with Gasteiger partial charge in [-0.05, 0) is 36.4 Å². The molecular weight excluding hydrogens is 423 g/mol. The molecule has 158 valence electrons. The molecule has 2 aromatic heterocycles. The van der Waals surface area contributed by atoms with E-state index < -0.39 is 7.14 Å². The van der Waals surface area contributed by atoms with E-state index in [2.05, 4.69) is 45.9 Å². The summed E-state index contributed by atoms with van der Waals surface area (Å²) in [6.07, 6.45) is 3.66. The molecule has 0 fully saturated rings. The van der Waals surface area contributed by atoms with Crippen molar-refractivity contribution in [3.63, 3.8) is 0 Å². The van der Waals surface area contributed by atoms with Gasteiger partial charge in [0.15, 0.2) is 7.14 Å². The smallest absolute Gasteiger partial charge is 0.171 e. The van der Waals surface area contributed by atoms with Gasteiger partial charge in [0.1, 0.15) is 0 Å². The van der Waals surface area contributed by atoms with E-state index in [0.717, 1.165) is 43.4 Å². The van der Waals surface area contributed by atoms with Crippen molar-refractivity contribution in [2.75, 3.05) is 0 Å². The summed E-state index contributed by atoms with van der Waals surface area (Å²) in [5.41, 5.74) is 3.18. The molecule has 0 amide bonds. The lowest BCUT2D eigenvalue weighted by atomic mass is 10.1. The highest BCUT2D eigenvalue weighted by Crippen LogP contribution is 2.43. The van der Waals surface area contributed by atoms with Crippen molar-refractivity contribution in [3.8, 4) is 5.69 Å². The fourth-order valence-corrected chi connectivity index (χ4v) is 7.32. The first-order chi connectivity index (χ1) is 16.3. The molecule has 3 nitrogen and oxygen atoms in total. The van der Waals surface area contributed by atoms with Gasteiger partial charge in [-0.15, -0.1) is 0 Å². The van der Waals surface area contributed by atoms with Gasteiger partial charge < -0.3 is 9.13 Å². The minimum atomic E-state index is -3.04. The Morgan fingerprint density at radius 1 is 0.576 bits per heavy atom. The van der Waals surface area contributed by atoms with Crippen LogP contribution in [0.1, 0.15) is 0 Å². The van der Waals surface area contributed by atoms with E-state index in [0.29, 0.717) is 0 Å². The molecule has 0 spiro atoms. The van der Waals surface area contributed by atoms with Crippen molar-refractivity contribution in [2.45, 2.75) is 0 Å². The van der Waals surface area contributed by atoms with E-state index in [1.54, 1.807) is 6.20 Å². The lowest BCUT2D eigenvalue weighted by Crippen LogP contribution is -2.24. The van der Waals surface area contributed by atoms with Crippen LogP contribution < -0.4 is 15.9 Å². The summed E-state index contributed by atoms with van der Waals surface area (Å²) in [5, 5.41) is 4.73. The quantitative estimate of drug-likeness (QED) is 0.321. The van der Waals surface area contributed by atoms with E-state index in [9.17, 15) is 4.57 Å². The van der Waals surface area contributed by atoms with Crippen LogP contribution >= 0.6 is 7.14 Å². The van der Waals surface area contributed by atoms with Crippen molar-refractivity contribution in [1.82, 2.24) is 9.55 Å². The summed E-state index contributed by atoms with van der Waals surface area (Å²) < 4.78 is 17.1. The lowest BCUT2D eigenvalue weighted by molar-refractivity contribution is 0.592. The molecule has 0 aliphatic carbocycles. The lowest BCUT2D eigenvalue weighted by Gasteiger charge is -2.20. The van der Waals surface area contributed by atoms with Crippen LogP contribution in [-0.2, 0) is 4.57 Å². The minimum absolute atomic E-state index is 0.835. The number of aromatic nitrogens is 2. The number of hydrogen-bond acceptors (Lipinski definition) is 2. The number of hydrogen-bond donors (Lipinski definition) is 0. The molecule has 0 saturated heterocycles. The number of benzene rings is 4. The Hall–Kier alpha value is -3.94. The molecule has 0 radical (unpaired) electrons. The standard InChI is InChI=1S/C29H21N2OP/c32-33(23-11-3-1-4-12-23,24-13-5-2-6-14-24)25-17-18-29-27(20-25)26-15-7-8-16-28(26)31(29)22-10-9-19-30-21-22/h1-21H. The van der Waals surface area contributed by atoms with Crippen LogP contribution in [0.4, 0.5) is 0 Å². The van der Waals surface area contributed by atoms with Gasteiger partial charge in [-0.1, -0.05) is 78.9 Å². The van der Waals surface area contributed by atoms with Crippen molar-refractivity contribution in [1.29, 1.82) is 0 Å². The van der Waals surface area contributed by atoms with Crippen LogP contribution in [-0.4, -0.2) is 9.55 Å². The maximum absolute atomic E-state index is 14.9. The zero-order valence-corrected chi connectivity index (χ0v) is 18.8. The molecule has 33 heavy (non-hydrogen) atoms. The molecular formula is C29H21N2OP. The number of para-hydroxylation sites is 1. The Kier molecular flexibility index (Phi) is 4.71. The Morgan fingerprint density at radius 2 is 1.21 bits per heavy atom. The van der Waals surface area contributed by atoms with E-state index >= 15 is 0 Å². The third-order valence-corrected chi connectivity index (χ3v) is 9.22. The fourth-order valence-electron chi connectivity index (χ4n) is 4.64. The molecule has 4 aromatic carbocycles. The number of rotatable bonds is 4. The van der Waals surface area contributed by atoms with Gasteiger partial charge in [0, 0.05) is 32.9 Å². The fraction of sp³-hybridized carbons (Fsp3) is 0. The summed E-state index contributed by atoms with van der Waals surface area (Å²) in [4.78, 5) is 4.33. The maximum atomic E-state index is 14.9. The first kappa shape index (κ1) is 19.7. The zero-order valence-electron chi connectivity index (χ0n) is 17.9. The number of fused-ring (bicyclic) bond motifs is 3. The van der Waals surface area contributed by atoms with Crippen LogP contribution in [0.15, 0.2) is 128 Å². The maximum Gasteiger partial charge on any atom is 0.171 e. The second kappa shape index (κ2) is 7.88. The number of nitrogens with zero attached hydrogens (tertiary/aromatic N) is 2. The molecule has 0 aliphatic rings. The Labute approximate surface area is 192 Å². The second-order valence-corrected chi connectivity index (χ2v) is 10.8. The first-order valence-corrected chi connectivity index (χ1v) is 12.6. The van der Waals surface area contributed by atoms with Gasteiger partial charge in [0.05, 0.1) is 22.9 Å². The Balaban J connectivity index is 1.67. The molecule has 0 aliphatic heterocycles. The van der Waals surface area contributed by atoms with Crippen LogP contribution in [0.2, 0.25) is 0 Å². The second-order valence-electron chi connectivity index (χ2n) is 8.05. The molecule has 0 saturated carbocycles. The molecule has 6 aromatic rings. The summed E-state index contributed by atoms with van der Waals surface area (Å²) in [5.74, 6) is 0. The highest BCUT2D eigenvalue weighted by Gasteiger charge is 2.30. The molecule has 2 heterocycles. The summed E-state index contributed by atoms with van der Waals surface area (Å²) >= 11 is 0. The van der Waals surface area contributed by atoms with Gasteiger partial charge >= 0.3 is 0 Å². The van der Waals surface area contributed by atoms with Crippen LogP contribution in [0.3, 0.4) is 0 Å². The van der Waals surface area contributed by atoms with Crippen molar-refractivity contribution >= 4 is 44.9 Å². The normalized spacial score (nSPS) is 11.8. The summed E-state index contributed by atoms with van der Waals surface area (Å²) in [6.45, 7) is 0. The molecule has 0 atom stereocenters. The Morgan fingerprint density at radius 3 is 1.88 bits per heavy atom. The van der Waals surface area contributed by atoms with Gasteiger partial charge in [0.25, 0.3) is 0 Å². The SMILES string of the molecule is O=P(c1ccccc1)(c1ccccc1)c1ccc2c(c1)c1ccccc1n2-c1cccnc1. The first-order valence-electron chi connectivity index (χ1n) is 10.9. The van der Waals surface area contributed by atoms with Crippen molar-refractivity contribution in [2.24, 2.45) is 0 Å². The Bertz CT molecular complexity index is 1580. The molecule has 6 rings (SSSR count). The average Bonchev–Trinajstić information content (AvgIpc) is 3.23. The van der Waals surface area contributed by atoms with E-state index in [1.807, 2.05) is 85.1 Å². The largest absolute Gasteiger partial charge is 0.309 e.